The Morgan fingerprint density at radius 3 is 2.53 bits per heavy atom. The Morgan fingerprint density at radius 2 is 1.89 bits per heavy atom. The van der Waals surface area contributed by atoms with Crippen molar-refractivity contribution >= 4 is 11.9 Å². The summed E-state index contributed by atoms with van der Waals surface area (Å²) in [6.07, 6.45) is 7.92. The zero-order valence-corrected chi connectivity index (χ0v) is 11.1. The van der Waals surface area contributed by atoms with Gasteiger partial charge in [-0.3, -0.25) is 4.79 Å². The normalized spacial score (nSPS) is 20.3. The standard InChI is InChI=1S/C14H20N4O/c19-13(12-2-3-12)17-10-11-4-8-18(9-5-11)14-15-6-1-7-16-14/h1,6-7,11-12H,2-5,8-10H2,(H,17,19). The molecule has 0 radical (unpaired) electrons. The van der Waals surface area contributed by atoms with E-state index in [4.69, 9.17) is 0 Å². The van der Waals surface area contributed by atoms with Gasteiger partial charge in [0.1, 0.15) is 0 Å². The second-order valence-electron chi connectivity index (χ2n) is 5.50. The number of hydrogen-bond donors (Lipinski definition) is 1. The lowest BCUT2D eigenvalue weighted by Crippen LogP contribution is -2.39. The minimum absolute atomic E-state index is 0.258. The lowest BCUT2D eigenvalue weighted by Gasteiger charge is -2.31. The maximum atomic E-state index is 11.6. The average Bonchev–Trinajstić information content (AvgIpc) is 3.31. The monoisotopic (exact) mass is 260 g/mol. The van der Waals surface area contributed by atoms with E-state index in [1.807, 2.05) is 6.07 Å². The molecule has 1 N–H and O–H groups in total. The van der Waals surface area contributed by atoms with Crippen LogP contribution in [0.2, 0.25) is 0 Å². The molecule has 0 atom stereocenters. The van der Waals surface area contributed by atoms with E-state index in [1.165, 1.54) is 0 Å². The third kappa shape index (κ3) is 3.22. The van der Waals surface area contributed by atoms with Crippen LogP contribution in [0.25, 0.3) is 0 Å². The van der Waals surface area contributed by atoms with Gasteiger partial charge in [0.05, 0.1) is 0 Å². The maximum absolute atomic E-state index is 11.6. The van der Waals surface area contributed by atoms with Gasteiger partial charge in [-0.2, -0.15) is 0 Å². The molecule has 2 heterocycles. The number of nitrogens with one attached hydrogen (secondary N) is 1. The second-order valence-corrected chi connectivity index (χ2v) is 5.50. The number of hydrogen-bond acceptors (Lipinski definition) is 4. The van der Waals surface area contributed by atoms with Gasteiger partial charge in [0.25, 0.3) is 0 Å². The molecule has 5 nitrogen and oxygen atoms in total. The van der Waals surface area contributed by atoms with Crippen molar-refractivity contribution in [3.63, 3.8) is 0 Å². The molecule has 102 valence electrons. The van der Waals surface area contributed by atoms with E-state index in [-0.39, 0.29) is 5.91 Å². The molecule has 3 rings (SSSR count). The molecule has 1 amide bonds. The molecule has 5 heteroatoms. The highest BCUT2D eigenvalue weighted by atomic mass is 16.2. The van der Waals surface area contributed by atoms with Crippen molar-refractivity contribution in [3.05, 3.63) is 18.5 Å². The van der Waals surface area contributed by atoms with Crippen molar-refractivity contribution < 1.29 is 4.79 Å². The van der Waals surface area contributed by atoms with Gasteiger partial charge in [-0.25, -0.2) is 9.97 Å². The van der Waals surface area contributed by atoms with Crippen LogP contribution in [-0.2, 0) is 4.79 Å². The molecule has 0 aromatic carbocycles. The molecule has 1 aromatic rings. The van der Waals surface area contributed by atoms with Crippen molar-refractivity contribution in [3.8, 4) is 0 Å². The molecule has 1 aliphatic carbocycles. The molecule has 19 heavy (non-hydrogen) atoms. The van der Waals surface area contributed by atoms with Gasteiger partial charge in [0, 0.05) is 37.9 Å². The highest BCUT2D eigenvalue weighted by Crippen LogP contribution is 2.29. The number of carbonyl (C=O) groups excluding carboxylic acids is 1. The van der Waals surface area contributed by atoms with Crippen LogP contribution in [0, 0.1) is 11.8 Å². The minimum atomic E-state index is 0.258. The van der Waals surface area contributed by atoms with E-state index in [1.54, 1.807) is 12.4 Å². The Hall–Kier alpha value is -1.65. The molecular formula is C14H20N4O. The number of anilines is 1. The Kier molecular flexibility index (Phi) is 3.62. The topological polar surface area (TPSA) is 58.1 Å². The summed E-state index contributed by atoms with van der Waals surface area (Å²) >= 11 is 0. The van der Waals surface area contributed by atoms with Crippen LogP contribution in [0.15, 0.2) is 18.5 Å². The van der Waals surface area contributed by atoms with Gasteiger partial charge in [-0.05, 0) is 37.7 Å². The molecule has 0 bridgehead atoms. The van der Waals surface area contributed by atoms with Crippen LogP contribution in [0.5, 0.6) is 0 Å². The van der Waals surface area contributed by atoms with Gasteiger partial charge in [0.2, 0.25) is 11.9 Å². The number of nitrogens with zero attached hydrogens (tertiary/aromatic N) is 3. The van der Waals surface area contributed by atoms with Crippen molar-refractivity contribution in [2.75, 3.05) is 24.5 Å². The van der Waals surface area contributed by atoms with Gasteiger partial charge < -0.3 is 10.2 Å². The Morgan fingerprint density at radius 1 is 1.21 bits per heavy atom. The summed E-state index contributed by atoms with van der Waals surface area (Å²) in [6.45, 7) is 2.79. The molecule has 1 saturated carbocycles. The van der Waals surface area contributed by atoms with E-state index in [2.05, 4.69) is 20.2 Å². The first-order valence-electron chi connectivity index (χ1n) is 7.12. The summed E-state index contributed by atoms with van der Waals surface area (Å²) in [6, 6.07) is 1.84. The molecule has 1 aliphatic heterocycles. The third-order valence-corrected chi connectivity index (χ3v) is 3.96. The Balaban J connectivity index is 1.43. The first-order chi connectivity index (χ1) is 9.33. The predicted octanol–water partition coefficient (Wildman–Crippen LogP) is 1.22. The second kappa shape index (κ2) is 5.55. The maximum Gasteiger partial charge on any atom is 0.225 e. The molecule has 1 saturated heterocycles. The summed E-state index contributed by atoms with van der Waals surface area (Å²) in [4.78, 5) is 22.4. The zero-order valence-electron chi connectivity index (χ0n) is 11.1. The average molecular weight is 260 g/mol. The summed E-state index contributed by atoms with van der Waals surface area (Å²) in [7, 11) is 0. The van der Waals surface area contributed by atoms with Crippen LogP contribution >= 0.6 is 0 Å². The first kappa shape index (κ1) is 12.4. The Labute approximate surface area is 113 Å². The number of piperidine rings is 1. The lowest BCUT2D eigenvalue weighted by atomic mass is 9.97. The van der Waals surface area contributed by atoms with Crippen LogP contribution in [0.1, 0.15) is 25.7 Å². The Bertz CT molecular complexity index is 424. The highest BCUT2D eigenvalue weighted by Gasteiger charge is 2.30. The fourth-order valence-corrected chi connectivity index (χ4v) is 2.53. The van der Waals surface area contributed by atoms with Crippen molar-refractivity contribution in [2.45, 2.75) is 25.7 Å². The van der Waals surface area contributed by atoms with E-state index < -0.39 is 0 Å². The van der Waals surface area contributed by atoms with E-state index in [0.717, 1.165) is 51.3 Å². The molecule has 0 unspecified atom stereocenters. The van der Waals surface area contributed by atoms with Gasteiger partial charge in [-0.15, -0.1) is 0 Å². The number of carbonyl (C=O) groups is 1. The highest BCUT2D eigenvalue weighted by molar-refractivity contribution is 5.80. The number of amides is 1. The molecule has 0 spiro atoms. The summed E-state index contributed by atoms with van der Waals surface area (Å²) in [5.41, 5.74) is 0. The predicted molar refractivity (Wildman–Crippen MR) is 72.7 cm³/mol. The molecular weight excluding hydrogens is 240 g/mol. The molecule has 2 aliphatic rings. The largest absolute Gasteiger partial charge is 0.356 e. The van der Waals surface area contributed by atoms with Crippen molar-refractivity contribution in [1.82, 2.24) is 15.3 Å². The number of aromatic nitrogens is 2. The van der Waals surface area contributed by atoms with Crippen LogP contribution in [0.3, 0.4) is 0 Å². The van der Waals surface area contributed by atoms with Crippen LogP contribution < -0.4 is 10.2 Å². The van der Waals surface area contributed by atoms with Gasteiger partial charge in [0.15, 0.2) is 0 Å². The minimum Gasteiger partial charge on any atom is -0.356 e. The van der Waals surface area contributed by atoms with Crippen molar-refractivity contribution in [1.29, 1.82) is 0 Å². The summed E-state index contributed by atoms with van der Waals surface area (Å²) in [5, 5.41) is 3.08. The smallest absolute Gasteiger partial charge is 0.225 e. The van der Waals surface area contributed by atoms with E-state index >= 15 is 0 Å². The van der Waals surface area contributed by atoms with Crippen LogP contribution in [0.4, 0.5) is 5.95 Å². The summed E-state index contributed by atoms with van der Waals surface area (Å²) < 4.78 is 0. The fraction of sp³-hybridized carbons (Fsp3) is 0.643. The lowest BCUT2D eigenvalue weighted by molar-refractivity contribution is -0.122. The van der Waals surface area contributed by atoms with Gasteiger partial charge >= 0.3 is 0 Å². The zero-order chi connectivity index (χ0) is 13.1. The van der Waals surface area contributed by atoms with Crippen LogP contribution in [-0.4, -0.2) is 35.5 Å². The number of rotatable bonds is 4. The SMILES string of the molecule is O=C(NCC1CCN(c2ncccn2)CC1)C1CC1. The fourth-order valence-electron chi connectivity index (χ4n) is 2.53. The molecule has 2 fully saturated rings. The molecule has 1 aromatic heterocycles. The van der Waals surface area contributed by atoms with Gasteiger partial charge in [-0.1, -0.05) is 0 Å². The first-order valence-corrected chi connectivity index (χ1v) is 7.12. The summed E-state index contributed by atoms with van der Waals surface area (Å²) in [5.74, 6) is 2.00. The van der Waals surface area contributed by atoms with E-state index in [0.29, 0.717) is 11.8 Å². The third-order valence-electron chi connectivity index (χ3n) is 3.96. The van der Waals surface area contributed by atoms with Crippen molar-refractivity contribution in [2.24, 2.45) is 11.8 Å². The quantitative estimate of drug-likeness (QED) is 0.884. The van der Waals surface area contributed by atoms with E-state index in [9.17, 15) is 4.79 Å².